The highest BCUT2D eigenvalue weighted by Gasteiger charge is 2.51. The monoisotopic (exact) mass is 552 g/mol. The van der Waals surface area contributed by atoms with Gasteiger partial charge in [-0.2, -0.15) is 0 Å². The number of aliphatic hydroxyl groups excluding tert-OH is 1. The fraction of sp³-hybridized carbons (Fsp3) is 0.800. The maximum atomic E-state index is 9.63. The van der Waals surface area contributed by atoms with E-state index in [-0.39, 0.29) is 31.0 Å². The molecule has 218 valence electrons. The van der Waals surface area contributed by atoms with Crippen LogP contribution in [-0.2, 0) is 30.0 Å². The highest BCUT2D eigenvalue weighted by atomic mass is 28.4. The molecule has 8 heteroatoms. The van der Waals surface area contributed by atoms with E-state index in [4.69, 9.17) is 28.1 Å². The molecule has 1 aromatic carbocycles. The maximum Gasteiger partial charge on any atom is 0.200 e. The molecule has 1 spiro atoms. The lowest BCUT2D eigenvalue weighted by Crippen LogP contribution is -2.57. The van der Waals surface area contributed by atoms with Crippen LogP contribution >= 0.6 is 0 Å². The van der Waals surface area contributed by atoms with E-state index in [1.54, 1.807) is 14.2 Å². The van der Waals surface area contributed by atoms with E-state index in [0.29, 0.717) is 49.1 Å². The summed E-state index contributed by atoms with van der Waals surface area (Å²) in [6.45, 7) is 15.0. The van der Waals surface area contributed by atoms with Crippen molar-refractivity contribution in [1.82, 2.24) is 0 Å². The number of hydrogen-bond acceptors (Lipinski definition) is 7. The maximum absolute atomic E-state index is 9.63. The first-order chi connectivity index (χ1) is 18.1. The van der Waals surface area contributed by atoms with Crippen molar-refractivity contribution in [1.29, 1.82) is 0 Å². The summed E-state index contributed by atoms with van der Waals surface area (Å²) in [6.07, 6.45) is 3.05. The van der Waals surface area contributed by atoms with Crippen LogP contribution in [0.15, 0.2) is 24.3 Å². The van der Waals surface area contributed by atoms with Crippen molar-refractivity contribution in [3.63, 3.8) is 0 Å². The zero-order chi connectivity index (χ0) is 27.9. The molecule has 2 fully saturated rings. The second-order valence-electron chi connectivity index (χ2n) is 12.0. The Morgan fingerprint density at radius 1 is 0.895 bits per heavy atom. The van der Waals surface area contributed by atoms with Crippen LogP contribution in [0.25, 0.3) is 0 Å². The zero-order valence-electron chi connectivity index (χ0n) is 24.9. The summed E-state index contributed by atoms with van der Waals surface area (Å²) in [5.74, 6) is 0.0214. The standard InChI is InChI=1S/C30H52O7Si/c1-21(2)38(22(3)4,23(5)6)35-20-29-16-28(34-19-24-9-11-25(32-7)12-10-24)18-30(37-29)17-27(33-8)15-26(36-30)13-14-31/h9-12,21-23,26-29,31H,13-20H2,1-8H3/t26-,27+,28+,29-,30-/m1/s1. The number of ether oxygens (including phenoxy) is 5. The lowest BCUT2D eigenvalue weighted by molar-refractivity contribution is -0.345. The van der Waals surface area contributed by atoms with E-state index < -0.39 is 14.1 Å². The van der Waals surface area contributed by atoms with Gasteiger partial charge in [-0.25, -0.2) is 0 Å². The molecule has 0 amide bonds. The molecule has 0 aliphatic carbocycles. The molecule has 1 aromatic rings. The summed E-state index contributed by atoms with van der Waals surface area (Å²) in [4.78, 5) is 0. The van der Waals surface area contributed by atoms with E-state index >= 15 is 0 Å². The minimum Gasteiger partial charge on any atom is -0.497 e. The molecule has 0 unspecified atom stereocenters. The second kappa shape index (κ2) is 14.1. The van der Waals surface area contributed by atoms with Crippen LogP contribution in [0.5, 0.6) is 5.75 Å². The van der Waals surface area contributed by atoms with Gasteiger partial charge in [0.2, 0.25) is 0 Å². The lowest BCUT2D eigenvalue weighted by atomic mass is 9.89. The molecule has 38 heavy (non-hydrogen) atoms. The van der Waals surface area contributed by atoms with Crippen molar-refractivity contribution < 1.29 is 33.2 Å². The van der Waals surface area contributed by atoms with Crippen LogP contribution in [0.3, 0.4) is 0 Å². The predicted molar refractivity (Wildman–Crippen MR) is 152 cm³/mol. The SMILES string of the molecule is COc1ccc(CO[C@H]2C[C@H](CO[Si](C(C)C)(C(C)C)C(C)C)O[C@]3(C[C@@H](OC)C[C@@H](CCO)O3)C2)cc1. The summed E-state index contributed by atoms with van der Waals surface area (Å²) in [5, 5.41) is 9.63. The third-order valence-corrected chi connectivity index (χ3v) is 14.6. The van der Waals surface area contributed by atoms with Gasteiger partial charge in [0.05, 0.1) is 44.7 Å². The second-order valence-corrected chi connectivity index (χ2v) is 17.5. The minimum absolute atomic E-state index is 0.0117. The van der Waals surface area contributed by atoms with E-state index in [2.05, 4.69) is 41.5 Å². The molecule has 0 bridgehead atoms. The van der Waals surface area contributed by atoms with Crippen LogP contribution in [-0.4, -0.2) is 71.1 Å². The van der Waals surface area contributed by atoms with Gasteiger partial charge in [0.1, 0.15) is 5.75 Å². The summed E-state index contributed by atoms with van der Waals surface area (Å²) in [6, 6.07) is 8.00. The molecule has 5 atom stereocenters. The Labute approximate surface area is 231 Å². The highest BCUT2D eigenvalue weighted by molar-refractivity contribution is 6.77. The highest BCUT2D eigenvalue weighted by Crippen LogP contribution is 2.45. The Balaban J connectivity index is 1.80. The number of aliphatic hydroxyl groups is 1. The molecule has 0 radical (unpaired) electrons. The Kier molecular flexibility index (Phi) is 11.7. The van der Waals surface area contributed by atoms with E-state index in [1.807, 2.05) is 24.3 Å². The molecule has 2 saturated heterocycles. The fourth-order valence-corrected chi connectivity index (χ4v) is 12.3. The first-order valence-electron chi connectivity index (χ1n) is 14.4. The van der Waals surface area contributed by atoms with Crippen LogP contribution in [0.1, 0.15) is 79.2 Å². The molecule has 0 aromatic heterocycles. The summed E-state index contributed by atoms with van der Waals surface area (Å²) < 4.78 is 38.0. The van der Waals surface area contributed by atoms with E-state index in [0.717, 1.165) is 24.2 Å². The van der Waals surface area contributed by atoms with Gasteiger partial charge in [0.15, 0.2) is 14.1 Å². The largest absolute Gasteiger partial charge is 0.497 e. The van der Waals surface area contributed by atoms with Gasteiger partial charge >= 0.3 is 0 Å². The predicted octanol–water partition coefficient (Wildman–Crippen LogP) is 6.22. The van der Waals surface area contributed by atoms with Gasteiger partial charge in [-0.3, -0.25) is 0 Å². The topological polar surface area (TPSA) is 75.6 Å². The van der Waals surface area contributed by atoms with Crippen molar-refractivity contribution in [2.45, 2.75) is 127 Å². The number of hydrogen-bond donors (Lipinski definition) is 1. The third-order valence-electron chi connectivity index (χ3n) is 8.55. The van der Waals surface area contributed by atoms with Crippen molar-refractivity contribution in [3.05, 3.63) is 29.8 Å². The first kappa shape index (κ1) is 31.5. The van der Waals surface area contributed by atoms with Gasteiger partial charge in [-0.1, -0.05) is 53.7 Å². The normalized spacial score (nSPS) is 28.5. The Hall–Kier alpha value is -1.00. The molecule has 1 N–H and O–H groups in total. The molecule has 2 aliphatic rings. The molecule has 7 nitrogen and oxygen atoms in total. The zero-order valence-corrected chi connectivity index (χ0v) is 25.9. The van der Waals surface area contributed by atoms with Gasteiger partial charge in [0.25, 0.3) is 0 Å². The Bertz CT molecular complexity index is 809. The molecular weight excluding hydrogens is 500 g/mol. The molecule has 0 saturated carbocycles. The number of rotatable bonds is 13. The molecule has 2 heterocycles. The van der Waals surface area contributed by atoms with Gasteiger partial charge in [-0.05, 0) is 40.7 Å². The van der Waals surface area contributed by atoms with Crippen LogP contribution in [0.2, 0.25) is 16.6 Å². The van der Waals surface area contributed by atoms with Crippen molar-refractivity contribution in [2.24, 2.45) is 0 Å². The smallest absolute Gasteiger partial charge is 0.200 e. The summed E-state index contributed by atoms with van der Waals surface area (Å²) >= 11 is 0. The van der Waals surface area contributed by atoms with Crippen molar-refractivity contribution in [2.75, 3.05) is 27.4 Å². The van der Waals surface area contributed by atoms with Gasteiger partial charge in [0, 0.05) is 39.4 Å². The average Bonchev–Trinajstić information content (AvgIpc) is 2.87. The molecule has 2 aliphatic heterocycles. The third kappa shape index (κ3) is 7.59. The number of methoxy groups -OCH3 is 2. The summed E-state index contributed by atoms with van der Waals surface area (Å²) in [5.41, 5.74) is 2.60. The van der Waals surface area contributed by atoms with Gasteiger partial charge < -0.3 is 33.2 Å². The molecular formula is C30H52O7Si. The van der Waals surface area contributed by atoms with Crippen LogP contribution in [0, 0.1) is 0 Å². The van der Waals surface area contributed by atoms with Crippen LogP contribution in [0.4, 0.5) is 0 Å². The number of benzene rings is 1. The van der Waals surface area contributed by atoms with Crippen LogP contribution < -0.4 is 4.74 Å². The fourth-order valence-electron chi connectivity index (χ4n) is 6.86. The first-order valence-corrected chi connectivity index (χ1v) is 16.6. The Morgan fingerprint density at radius 2 is 1.47 bits per heavy atom. The van der Waals surface area contributed by atoms with Crippen molar-refractivity contribution in [3.8, 4) is 5.75 Å². The lowest BCUT2D eigenvalue weighted by Gasteiger charge is -2.50. The minimum atomic E-state index is -2.05. The average molecular weight is 553 g/mol. The van der Waals surface area contributed by atoms with E-state index in [1.165, 1.54) is 0 Å². The quantitative estimate of drug-likeness (QED) is 0.291. The summed E-state index contributed by atoms with van der Waals surface area (Å²) in [7, 11) is 1.36. The van der Waals surface area contributed by atoms with Crippen molar-refractivity contribution >= 4 is 8.32 Å². The van der Waals surface area contributed by atoms with Gasteiger partial charge in [-0.15, -0.1) is 0 Å². The molecule has 3 rings (SSSR count). The van der Waals surface area contributed by atoms with E-state index in [9.17, 15) is 5.11 Å². The Morgan fingerprint density at radius 3 is 2.03 bits per heavy atom.